The van der Waals surface area contributed by atoms with Crippen LogP contribution in [0.5, 0.6) is 11.5 Å². The number of nitrogens with zero attached hydrogens (tertiary/aromatic N) is 2. The Bertz CT molecular complexity index is 1530. The molecule has 0 atom stereocenters. The Morgan fingerprint density at radius 3 is 1.21 bits per heavy atom. The predicted molar refractivity (Wildman–Crippen MR) is 131 cm³/mol. The summed E-state index contributed by atoms with van der Waals surface area (Å²) in [5.74, 6) is -0.956. The van der Waals surface area contributed by atoms with E-state index in [0.29, 0.717) is 0 Å². The third-order valence-electron chi connectivity index (χ3n) is 5.43. The van der Waals surface area contributed by atoms with Gasteiger partial charge in [-0.15, -0.1) is 0 Å². The van der Waals surface area contributed by atoms with Gasteiger partial charge in [0.25, 0.3) is 20.2 Å². The minimum atomic E-state index is -4.54. The number of aliphatic imine (C=N–C) groups is 2. The molecule has 0 aliphatic rings. The monoisotopic (exact) mass is 576 g/mol. The van der Waals surface area contributed by atoms with Gasteiger partial charge in [0, 0.05) is 12.4 Å². The fraction of sp³-hybridized carbons (Fsp3) is 0.167. The SMILES string of the molecule is Cc1cc(N=Cc2cc(S(=O)(=O)O)cc(C)c2[O-])c(N=Cc2cc(S(=O)(=O)O)cc(C)c2[O-])cc1C.[Na+].[Na+]. The third kappa shape index (κ3) is 8.21. The van der Waals surface area contributed by atoms with Crippen molar-refractivity contribution in [2.75, 3.05) is 0 Å². The Hall–Kier alpha value is -1.58. The van der Waals surface area contributed by atoms with Gasteiger partial charge in [-0.2, -0.15) is 16.8 Å². The first-order chi connectivity index (χ1) is 16.6. The van der Waals surface area contributed by atoms with E-state index in [1.54, 1.807) is 12.1 Å². The maximum Gasteiger partial charge on any atom is 1.00 e. The third-order valence-corrected chi connectivity index (χ3v) is 7.09. The van der Waals surface area contributed by atoms with Crippen molar-refractivity contribution in [2.24, 2.45) is 9.98 Å². The molecule has 0 spiro atoms. The maximum atomic E-state index is 12.5. The predicted octanol–water partition coefficient (Wildman–Crippen LogP) is -2.93. The second-order valence-electron chi connectivity index (χ2n) is 8.21. The van der Waals surface area contributed by atoms with Crippen LogP contribution in [0.15, 0.2) is 56.2 Å². The number of aryl methyl sites for hydroxylation is 4. The van der Waals surface area contributed by atoms with Crippen molar-refractivity contribution in [1.29, 1.82) is 0 Å². The van der Waals surface area contributed by atoms with Gasteiger partial charge < -0.3 is 10.2 Å². The van der Waals surface area contributed by atoms with E-state index < -0.39 is 41.5 Å². The molecule has 0 fully saturated rings. The van der Waals surface area contributed by atoms with E-state index in [4.69, 9.17) is 0 Å². The molecular formula is C24H22N2Na2O8S2. The van der Waals surface area contributed by atoms with Crippen LogP contribution in [0.1, 0.15) is 33.4 Å². The Morgan fingerprint density at radius 2 is 0.921 bits per heavy atom. The van der Waals surface area contributed by atoms with Crippen LogP contribution >= 0.6 is 0 Å². The first-order valence-corrected chi connectivity index (χ1v) is 13.2. The molecule has 0 amide bonds. The van der Waals surface area contributed by atoms with E-state index in [1.807, 2.05) is 13.8 Å². The molecule has 14 heteroatoms. The fourth-order valence-electron chi connectivity index (χ4n) is 3.29. The first-order valence-electron chi connectivity index (χ1n) is 10.4. The largest absolute Gasteiger partial charge is 1.00 e. The molecule has 0 radical (unpaired) electrons. The molecule has 0 aliphatic carbocycles. The van der Waals surface area contributed by atoms with Gasteiger partial charge >= 0.3 is 59.1 Å². The van der Waals surface area contributed by atoms with Crippen molar-refractivity contribution < 1.29 is 95.3 Å². The maximum absolute atomic E-state index is 12.5. The quantitative estimate of drug-likeness (QED) is 0.178. The summed E-state index contributed by atoms with van der Waals surface area (Å²) in [6.07, 6.45) is 2.30. The molecule has 3 aromatic carbocycles. The van der Waals surface area contributed by atoms with Crippen LogP contribution in [0.3, 0.4) is 0 Å². The zero-order valence-electron chi connectivity index (χ0n) is 21.7. The van der Waals surface area contributed by atoms with Crippen LogP contribution in [-0.2, 0) is 20.2 Å². The molecule has 0 bridgehead atoms. The second-order valence-corrected chi connectivity index (χ2v) is 11.1. The van der Waals surface area contributed by atoms with E-state index in [2.05, 4.69) is 9.98 Å². The van der Waals surface area contributed by atoms with Crippen molar-refractivity contribution >= 4 is 44.0 Å². The summed E-state index contributed by atoms with van der Waals surface area (Å²) >= 11 is 0. The van der Waals surface area contributed by atoms with Gasteiger partial charge in [0.15, 0.2) is 0 Å². The van der Waals surface area contributed by atoms with E-state index in [0.717, 1.165) is 47.8 Å². The van der Waals surface area contributed by atoms with Crippen LogP contribution in [0, 0.1) is 27.7 Å². The molecule has 0 heterocycles. The van der Waals surface area contributed by atoms with Crippen molar-refractivity contribution in [1.82, 2.24) is 0 Å². The summed E-state index contributed by atoms with van der Waals surface area (Å²) in [6, 6.07) is 7.46. The van der Waals surface area contributed by atoms with Crippen molar-refractivity contribution in [3.63, 3.8) is 0 Å². The van der Waals surface area contributed by atoms with Crippen molar-refractivity contribution in [3.8, 4) is 11.5 Å². The molecule has 0 saturated carbocycles. The molecule has 0 aromatic heterocycles. The van der Waals surface area contributed by atoms with Crippen molar-refractivity contribution in [3.05, 3.63) is 69.8 Å². The zero-order chi connectivity index (χ0) is 27.0. The average Bonchev–Trinajstić information content (AvgIpc) is 2.76. The molecular weight excluding hydrogens is 554 g/mol. The van der Waals surface area contributed by atoms with Crippen molar-refractivity contribution in [2.45, 2.75) is 37.5 Å². The molecule has 0 unspecified atom stereocenters. The summed E-state index contributed by atoms with van der Waals surface area (Å²) in [5.41, 5.74) is 2.27. The first kappa shape index (κ1) is 34.4. The summed E-state index contributed by atoms with van der Waals surface area (Å²) in [6.45, 7) is 6.45. The van der Waals surface area contributed by atoms with Gasteiger partial charge in [0.2, 0.25) is 0 Å². The summed E-state index contributed by atoms with van der Waals surface area (Å²) in [7, 11) is -9.09. The van der Waals surface area contributed by atoms with E-state index >= 15 is 0 Å². The van der Waals surface area contributed by atoms with Crippen LogP contribution in [-0.4, -0.2) is 38.4 Å². The number of benzene rings is 3. The fourth-order valence-corrected chi connectivity index (χ4v) is 4.50. The molecule has 3 aromatic rings. The van der Waals surface area contributed by atoms with Crippen LogP contribution in [0.4, 0.5) is 11.4 Å². The average molecular weight is 577 g/mol. The topological polar surface area (TPSA) is 180 Å². The van der Waals surface area contributed by atoms with Gasteiger partial charge in [-0.05, 0) is 86.3 Å². The second kappa shape index (κ2) is 13.2. The Labute approximate surface area is 265 Å². The van der Waals surface area contributed by atoms with Gasteiger partial charge in [-0.3, -0.25) is 19.1 Å². The van der Waals surface area contributed by atoms with E-state index in [1.165, 1.54) is 13.8 Å². The molecule has 0 aliphatic heterocycles. The number of rotatable bonds is 6. The Morgan fingerprint density at radius 1 is 0.605 bits per heavy atom. The van der Waals surface area contributed by atoms with Gasteiger partial charge in [0.05, 0.1) is 21.2 Å². The number of hydrogen-bond donors (Lipinski definition) is 2. The van der Waals surface area contributed by atoms with Gasteiger partial charge in [-0.25, -0.2) is 0 Å². The molecule has 2 N–H and O–H groups in total. The molecule has 38 heavy (non-hydrogen) atoms. The van der Waals surface area contributed by atoms with E-state index in [9.17, 15) is 36.2 Å². The van der Waals surface area contributed by atoms with Crippen LogP contribution in [0.2, 0.25) is 0 Å². The molecule has 10 nitrogen and oxygen atoms in total. The summed E-state index contributed by atoms with van der Waals surface area (Å²) < 4.78 is 64.8. The van der Waals surface area contributed by atoms with Gasteiger partial charge in [-0.1, -0.05) is 22.6 Å². The smallest absolute Gasteiger partial charge is 0.872 e. The van der Waals surface area contributed by atoms with E-state index in [-0.39, 0.29) is 92.7 Å². The summed E-state index contributed by atoms with van der Waals surface area (Å²) in [4.78, 5) is 7.67. The zero-order valence-corrected chi connectivity index (χ0v) is 27.3. The summed E-state index contributed by atoms with van der Waals surface area (Å²) in [5, 5.41) is 24.9. The van der Waals surface area contributed by atoms with Crippen LogP contribution in [0.25, 0.3) is 0 Å². The minimum absolute atomic E-state index is 0. The molecule has 190 valence electrons. The normalized spacial score (nSPS) is 11.9. The molecule has 3 rings (SSSR count). The Kier molecular flexibility index (Phi) is 12.0. The number of hydrogen-bond acceptors (Lipinski definition) is 8. The minimum Gasteiger partial charge on any atom is -0.872 e. The Balaban J connectivity index is 0.00000361. The van der Waals surface area contributed by atoms with Gasteiger partial charge in [0.1, 0.15) is 0 Å². The van der Waals surface area contributed by atoms with Crippen LogP contribution < -0.4 is 69.3 Å². The standard InChI is InChI=1S/C24H24N2O8S2.2Na/c1-13-7-21(25-11-17-9-19(35(29,30)31)5-15(3)23(17)27)22(8-14(13)2)26-12-18-10-20(36(32,33)34)6-16(4)24(18)28;;/h5-12,27-28H,1-4H3,(H,29,30,31)(H,32,33,34);;/q;2*+1/p-2. The molecule has 0 saturated heterocycles.